The van der Waals surface area contributed by atoms with E-state index in [-0.39, 0.29) is 36.0 Å². The number of hydrogen-bond acceptors (Lipinski definition) is 5. The fourth-order valence-electron chi connectivity index (χ4n) is 5.87. The molecule has 6 heteroatoms. The smallest absolute Gasteiger partial charge is 0.227 e. The Kier molecular flexibility index (Phi) is 4.79. The third kappa shape index (κ3) is 3.19. The summed E-state index contributed by atoms with van der Waals surface area (Å²) in [6.07, 6.45) is 6.68. The molecule has 2 saturated carbocycles. The summed E-state index contributed by atoms with van der Waals surface area (Å²) in [6.45, 7) is 4.03. The molecule has 6 nitrogen and oxygen atoms in total. The van der Waals surface area contributed by atoms with E-state index in [0.29, 0.717) is 17.6 Å². The molecule has 0 spiro atoms. The van der Waals surface area contributed by atoms with Crippen molar-refractivity contribution in [3.8, 4) is 5.75 Å². The molecular weight excluding hydrogens is 376 g/mol. The van der Waals surface area contributed by atoms with Crippen LogP contribution >= 0.6 is 0 Å². The Bertz CT molecular complexity index is 959. The van der Waals surface area contributed by atoms with Gasteiger partial charge in [-0.1, -0.05) is 6.07 Å². The summed E-state index contributed by atoms with van der Waals surface area (Å²) in [7, 11) is 0. The molecule has 30 heavy (non-hydrogen) atoms. The molecule has 2 heterocycles. The van der Waals surface area contributed by atoms with Crippen molar-refractivity contribution in [3.63, 3.8) is 0 Å². The van der Waals surface area contributed by atoms with Gasteiger partial charge in [-0.15, -0.1) is 0 Å². The number of benzene rings is 1. The number of phenolic OH excluding ortho intramolecular Hbond substituents is 1. The van der Waals surface area contributed by atoms with Crippen LogP contribution in [0.5, 0.6) is 5.75 Å². The lowest BCUT2D eigenvalue weighted by Gasteiger charge is -2.50. The minimum Gasteiger partial charge on any atom is -0.508 e. The first-order valence-electron chi connectivity index (χ1n) is 11.0. The molecule has 0 radical (unpaired) electrons. The van der Waals surface area contributed by atoms with Gasteiger partial charge in [-0.05, 0) is 85.4 Å². The highest BCUT2D eigenvalue weighted by Gasteiger charge is 2.54. The monoisotopic (exact) mass is 406 g/mol. The number of carbonyl (C=O) groups is 1. The summed E-state index contributed by atoms with van der Waals surface area (Å²) >= 11 is 0. The van der Waals surface area contributed by atoms with E-state index in [2.05, 4.69) is 22.5 Å². The van der Waals surface area contributed by atoms with E-state index in [0.717, 1.165) is 28.7 Å². The fraction of sp³-hybridized carbons (Fsp3) is 0.500. The van der Waals surface area contributed by atoms with Crippen molar-refractivity contribution in [3.05, 3.63) is 58.9 Å². The average molecular weight is 407 g/mol. The van der Waals surface area contributed by atoms with Gasteiger partial charge in [0, 0.05) is 30.4 Å². The standard InChI is InChI=1S/C24H30N4O2/c1-12-3-6-18(29)13(2)19(12)17-11-16(14-4-5-14)22-20(21(17)25)24(30)28-23(27-22)15-7-9-26-10-8-15/h3,6-10,14,16-17,20-23,27,29H,4-5,11,25H2,1-2H3,(H,28,30). The molecule has 6 atom stereocenters. The van der Waals surface area contributed by atoms with Gasteiger partial charge in [-0.2, -0.15) is 0 Å². The summed E-state index contributed by atoms with van der Waals surface area (Å²) in [5.74, 6) is 1.15. The third-order valence-electron chi connectivity index (χ3n) is 7.54. The number of nitrogens with one attached hydrogen (secondary N) is 2. The van der Waals surface area contributed by atoms with Crippen LogP contribution in [0.3, 0.4) is 0 Å². The summed E-state index contributed by atoms with van der Waals surface area (Å²) < 4.78 is 0. The minimum absolute atomic E-state index is 0.0267. The van der Waals surface area contributed by atoms with Gasteiger partial charge in [0.2, 0.25) is 5.91 Å². The second-order valence-electron chi connectivity index (χ2n) is 9.30. The van der Waals surface area contributed by atoms with Crippen LogP contribution in [-0.2, 0) is 4.79 Å². The first kappa shape index (κ1) is 19.5. The zero-order valence-corrected chi connectivity index (χ0v) is 17.5. The Morgan fingerprint density at radius 1 is 1.13 bits per heavy atom. The number of nitrogens with zero attached hydrogens (tertiary/aromatic N) is 1. The number of rotatable bonds is 3. The second-order valence-corrected chi connectivity index (χ2v) is 9.30. The third-order valence-corrected chi connectivity index (χ3v) is 7.54. The molecule has 1 aromatic carbocycles. The predicted molar refractivity (Wildman–Crippen MR) is 115 cm³/mol. The number of nitrogens with two attached hydrogens (primary N) is 1. The number of fused-ring (bicyclic) bond motifs is 1. The molecule has 3 aliphatic rings. The molecule has 158 valence electrons. The SMILES string of the molecule is Cc1ccc(O)c(C)c1C1CC(C2CC2)C2NC(c3ccncc3)NC(=O)C2C1N. The summed E-state index contributed by atoms with van der Waals surface area (Å²) in [5.41, 5.74) is 11.0. The van der Waals surface area contributed by atoms with Crippen molar-refractivity contribution in [1.82, 2.24) is 15.6 Å². The number of aromatic nitrogens is 1. The van der Waals surface area contributed by atoms with E-state index in [1.165, 1.54) is 12.8 Å². The highest BCUT2D eigenvalue weighted by Crippen LogP contribution is 2.51. The molecule has 1 aliphatic heterocycles. The van der Waals surface area contributed by atoms with Crippen molar-refractivity contribution >= 4 is 5.91 Å². The number of pyridine rings is 1. The number of aromatic hydroxyl groups is 1. The van der Waals surface area contributed by atoms with Crippen LogP contribution in [0.2, 0.25) is 0 Å². The molecule has 5 rings (SSSR count). The highest BCUT2D eigenvalue weighted by molar-refractivity contribution is 5.82. The maximum Gasteiger partial charge on any atom is 0.227 e. The van der Waals surface area contributed by atoms with Gasteiger partial charge in [0.05, 0.1) is 5.92 Å². The Labute approximate surface area is 177 Å². The second kappa shape index (κ2) is 7.36. The van der Waals surface area contributed by atoms with Gasteiger partial charge in [0.15, 0.2) is 0 Å². The minimum atomic E-state index is -0.296. The number of phenols is 1. The van der Waals surface area contributed by atoms with E-state index in [1.54, 1.807) is 18.5 Å². The first-order chi connectivity index (χ1) is 14.5. The molecule has 3 fully saturated rings. The quantitative estimate of drug-likeness (QED) is 0.628. The van der Waals surface area contributed by atoms with Crippen LogP contribution in [-0.4, -0.2) is 28.1 Å². The first-order valence-corrected chi connectivity index (χ1v) is 11.0. The number of amides is 1. The maximum absolute atomic E-state index is 13.3. The number of carbonyl (C=O) groups excluding carboxylic acids is 1. The molecule has 5 N–H and O–H groups in total. The summed E-state index contributed by atoms with van der Waals surface area (Å²) in [6, 6.07) is 7.35. The Balaban J connectivity index is 1.51. The molecule has 2 aromatic rings. The molecule has 0 bridgehead atoms. The maximum atomic E-state index is 13.3. The van der Waals surface area contributed by atoms with Gasteiger partial charge in [-0.25, -0.2) is 0 Å². The van der Waals surface area contributed by atoms with E-state index in [4.69, 9.17) is 5.73 Å². The van der Waals surface area contributed by atoms with Gasteiger partial charge in [-0.3, -0.25) is 15.1 Å². The van der Waals surface area contributed by atoms with Gasteiger partial charge in [0.25, 0.3) is 0 Å². The van der Waals surface area contributed by atoms with Crippen LogP contribution in [0.25, 0.3) is 0 Å². The predicted octanol–water partition coefficient (Wildman–Crippen LogP) is 2.65. The molecule has 2 aliphatic carbocycles. The Morgan fingerprint density at radius 2 is 1.87 bits per heavy atom. The van der Waals surface area contributed by atoms with E-state index < -0.39 is 0 Å². The van der Waals surface area contributed by atoms with E-state index >= 15 is 0 Å². The van der Waals surface area contributed by atoms with Gasteiger partial charge < -0.3 is 16.2 Å². The van der Waals surface area contributed by atoms with E-state index in [1.807, 2.05) is 25.1 Å². The molecule has 1 amide bonds. The van der Waals surface area contributed by atoms with E-state index in [9.17, 15) is 9.90 Å². The number of aryl methyl sites for hydroxylation is 1. The number of hydrogen-bond donors (Lipinski definition) is 4. The van der Waals surface area contributed by atoms with Gasteiger partial charge >= 0.3 is 0 Å². The topological polar surface area (TPSA) is 100 Å². The lowest BCUT2D eigenvalue weighted by Crippen LogP contribution is -2.67. The zero-order chi connectivity index (χ0) is 21.0. The molecule has 1 saturated heterocycles. The summed E-state index contributed by atoms with van der Waals surface area (Å²) in [4.78, 5) is 17.4. The van der Waals surface area contributed by atoms with Crippen LogP contribution in [0.1, 0.15) is 53.6 Å². The Morgan fingerprint density at radius 3 is 2.57 bits per heavy atom. The average Bonchev–Trinajstić information content (AvgIpc) is 3.58. The van der Waals surface area contributed by atoms with Crippen molar-refractivity contribution in [1.29, 1.82) is 0 Å². The molecule has 1 aromatic heterocycles. The van der Waals surface area contributed by atoms with Crippen LogP contribution in [0, 0.1) is 31.6 Å². The van der Waals surface area contributed by atoms with Crippen molar-refractivity contribution in [2.75, 3.05) is 0 Å². The lowest BCUT2D eigenvalue weighted by atomic mass is 9.63. The van der Waals surface area contributed by atoms with Crippen LogP contribution < -0.4 is 16.4 Å². The largest absolute Gasteiger partial charge is 0.508 e. The highest BCUT2D eigenvalue weighted by atomic mass is 16.3. The van der Waals surface area contributed by atoms with Crippen LogP contribution in [0.4, 0.5) is 0 Å². The Hall–Kier alpha value is -2.44. The molecule has 6 unspecified atom stereocenters. The van der Waals surface area contributed by atoms with Crippen molar-refractivity contribution in [2.45, 2.75) is 57.3 Å². The van der Waals surface area contributed by atoms with Crippen molar-refractivity contribution < 1.29 is 9.90 Å². The normalized spacial score (nSPS) is 33.6. The van der Waals surface area contributed by atoms with Crippen LogP contribution in [0.15, 0.2) is 36.7 Å². The fourth-order valence-corrected chi connectivity index (χ4v) is 5.87. The lowest BCUT2D eigenvalue weighted by molar-refractivity contribution is -0.133. The zero-order valence-electron chi connectivity index (χ0n) is 17.5. The summed E-state index contributed by atoms with van der Waals surface area (Å²) in [5, 5.41) is 17.2. The van der Waals surface area contributed by atoms with Gasteiger partial charge in [0.1, 0.15) is 11.9 Å². The molecular formula is C24H30N4O2. The van der Waals surface area contributed by atoms with Crippen molar-refractivity contribution in [2.24, 2.45) is 23.5 Å².